The van der Waals surface area contributed by atoms with Crippen molar-refractivity contribution in [1.82, 2.24) is 9.97 Å². The standard InChI is InChI=1S/C18H13N3OS2/c22-16(14-7-4-9-23-14)15-17-13(8-10-24-17)20-18(21-15)19-11-12-5-2-1-3-6-12/h1-10H,11H2,(H,19,20,21). The number of carbonyl (C=O) groups is 1. The number of thiophene rings is 2. The van der Waals surface area contributed by atoms with Gasteiger partial charge in [0.15, 0.2) is 0 Å². The summed E-state index contributed by atoms with van der Waals surface area (Å²) >= 11 is 2.92. The lowest BCUT2D eigenvalue weighted by atomic mass is 10.2. The van der Waals surface area contributed by atoms with Gasteiger partial charge in [-0.05, 0) is 28.5 Å². The Bertz CT molecular complexity index is 978. The molecule has 3 heterocycles. The molecule has 1 aromatic carbocycles. The van der Waals surface area contributed by atoms with E-state index in [1.807, 2.05) is 59.3 Å². The molecule has 0 fully saturated rings. The van der Waals surface area contributed by atoms with E-state index < -0.39 is 0 Å². The average Bonchev–Trinajstić information content (AvgIpc) is 3.31. The first-order valence-electron chi connectivity index (χ1n) is 7.42. The van der Waals surface area contributed by atoms with Gasteiger partial charge < -0.3 is 5.32 Å². The van der Waals surface area contributed by atoms with Crippen LogP contribution in [0.25, 0.3) is 10.2 Å². The SMILES string of the molecule is O=C(c1cccs1)c1nc(NCc2ccccc2)nc2ccsc12. The molecule has 0 spiro atoms. The fourth-order valence-corrected chi connectivity index (χ4v) is 3.88. The minimum atomic E-state index is -0.0531. The Balaban J connectivity index is 1.68. The van der Waals surface area contributed by atoms with Gasteiger partial charge in [-0.3, -0.25) is 4.79 Å². The number of carbonyl (C=O) groups excluding carboxylic acids is 1. The topological polar surface area (TPSA) is 54.9 Å². The Morgan fingerprint density at radius 1 is 0.958 bits per heavy atom. The third-order valence-corrected chi connectivity index (χ3v) is 5.34. The molecule has 0 amide bonds. The highest BCUT2D eigenvalue weighted by Gasteiger charge is 2.18. The molecule has 0 bridgehead atoms. The van der Waals surface area contributed by atoms with Crippen molar-refractivity contribution >= 4 is 44.6 Å². The van der Waals surface area contributed by atoms with Gasteiger partial charge in [0.05, 0.1) is 15.1 Å². The van der Waals surface area contributed by atoms with E-state index in [1.54, 1.807) is 0 Å². The monoisotopic (exact) mass is 351 g/mol. The van der Waals surface area contributed by atoms with Crippen molar-refractivity contribution in [3.63, 3.8) is 0 Å². The molecule has 4 nitrogen and oxygen atoms in total. The van der Waals surface area contributed by atoms with E-state index in [4.69, 9.17) is 0 Å². The smallest absolute Gasteiger partial charge is 0.224 e. The lowest BCUT2D eigenvalue weighted by Gasteiger charge is -2.07. The van der Waals surface area contributed by atoms with Gasteiger partial charge in [-0.1, -0.05) is 36.4 Å². The summed E-state index contributed by atoms with van der Waals surface area (Å²) in [6.07, 6.45) is 0. The first-order valence-corrected chi connectivity index (χ1v) is 9.18. The summed E-state index contributed by atoms with van der Waals surface area (Å²) in [5, 5.41) is 7.05. The minimum absolute atomic E-state index is 0.0531. The molecule has 0 aliphatic heterocycles. The summed E-state index contributed by atoms with van der Waals surface area (Å²) in [4.78, 5) is 22.4. The van der Waals surface area contributed by atoms with Gasteiger partial charge >= 0.3 is 0 Å². The summed E-state index contributed by atoms with van der Waals surface area (Å²) in [6, 6.07) is 15.7. The van der Waals surface area contributed by atoms with Crippen LogP contribution >= 0.6 is 22.7 Å². The van der Waals surface area contributed by atoms with Crippen molar-refractivity contribution in [3.8, 4) is 0 Å². The molecule has 0 unspecified atom stereocenters. The van der Waals surface area contributed by atoms with Gasteiger partial charge in [0.25, 0.3) is 0 Å². The van der Waals surface area contributed by atoms with Crippen molar-refractivity contribution in [3.05, 3.63) is 75.4 Å². The third kappa shape index (κ3) is 2.93. The van der Waals surface area contributed by atoms with Crippen molar-refractivity contribution in [2.24, 2.45) is 0 Å². The zero-order valence-corrected chi connectivity index (χ0v) is 14.2. The normalized spacial score (nSPS) is 10.8. The second-order valence-corrected chi connectivity index (χ2v) is 7.04. The van der Waals surface area contributed by atoms with Crippen molar-refractivity contribution < 1.29 is 4.79 Å². The highest BCUT2D eigenvalue weighted by Crippen LogP contribution is 2.26. The second-order valence-electron chi connectivity index (χ2n) is 5.18. The Labute approximate surface area is 146 Å². The number of aromatic nitrogens is 2. The predicted molar refractivity (Wildman–Crippen MR) is 98.9 cm³/mol. The van der Waals surface area contributed by atoms with Crippen LogP contribution in [0.1, 0.15) is 20.9 Å². The maximum Gasteiger partial charge on any atom is 0.224 e. The van der Waals surface area contributed by atoms with Crippen LogP contribution in [0.5, 0.6) is 0 Å². The van der Waals surface area contributed by atoms with Gasteiger partial charge in [0, 0.05) is 6.54 Å². The molecule has 0 saturated heterocycles. The van der Waals surface area contributed by atoms with E-state index in [9.17, 15) is 4.79 Å². The third-order valence-electron chi connectivity index (χ3n) is 3.56. The summed E-state index contributed by atoms with van der Waals surface area (Å²) < 4.78 is 0.832. The van der Waals surface area contributed by atoms with Gasteiger partial charge in [0.2, 0.25) is 11.7 Å². The van der Waals surface area contributed by atoms with E-state index in [0.29, 0.717) is 23.1 Å². The average molecular weight is 351 g/mol. The molecular formula is C18H13N3OS2. The summed E-state index contributed by atoms with van der Waals surface area (Å²) in [7, 11) is 0. The van der Waals surface area contributed by atoms with Gasteiger partial charge in [-0.2, -0.15) is 0 Å². The summed E-state index contributed by atoms with van der Waals surface area (Å²) in [6.45, 7) is 0.614. The maximum absolute atomic E-state index is 12.7. The number of ketones is 1. The van der Waals surface area contributed by atoms with Gasteiger partial charge in [-0.25, -0.2) is 9.97 Å². The number of anilines is 1. The highest BCUT2D eigenvalue weighted by molar-refractivity contribution is 7.17. The lowest BCUT2D eigenvalue weighted by Crippen LogP contribution is -2.09. The van der Waals surface area contributed by atoms with Crippen LogP contribution in [0.4, 0.5) is 5.95 Å². The number of nitrogens with one attached hydrogen (secondary N) is 1. The number of hydrogen-bond acceptors (Lipinski definition) is 6. The molecule has 4 rings (SSSR count). The first-order chi connectivity index (χ1) is 11.8. The fourth-order valence-electron chi connectivity index (χ4n) is 2.40. The molecule has 6 heteroatoms. The zero-order valence-electron chi connectivity index (χ0n) is 12.6. The molecule has 0 saturated carbocycles. The summed E-state index contributed by atoms with van der Waals surface area (Å²) in [5.74, 6) is 0.423. The van der Waals surface area contributed by atoms with Crippen LogP contribution < -0.4 is 5.32 Å². The largest absolute Gasteiger partial charge is 0.350 e. The molecule has 1 N–H and O–H groups in total. The Hall–Kier alpha value is -2.57. The minimum Gasteiger partial charge on any atom is -0.350 e. The summed E-state index contributed by atoms with van der Waals surface area (Å²) in [5.41, 5.74) is 2.40. The number of rotatable bonds is 5. The Morgan fingerprint density at radius 2 is 1.83 bits per heavy atom. The second kappa shape index (κ2) is 6.51. The van der Waals surface area contributed by atoms with E-state index in [1.165, 1.54) is 22.7 Å². The van der Waals surface area contributed by atoms with Crippen LogP contribution in [0, 0.1) is 0 Å². The molecule has 0 atom stereocenters. The zero-order chi connectivity index (χ0) is 16.4. The molecule has 0 aliphatic carbocycles. The molecule has 0 aliphatic rings. The Morgan fingerprint density at radius 3 is 2.62 bits per heavy atom. The predicted octanol–water partition coefficient (Wildman–Crippen LogP) is 4.60. The van der Waals surface area contributed by atoms with Crippen molar-refractivity contribution in [2.75, 3.05) is 5.32 Å². The van der Waals surface area contributed by atoms with Crippen molar-refractivity contribution in [1.29, 1.82) is 0 Å². The number of nitrogens with zero attached hydrogens (tertiary/aromatic N) is 2. The lowest BCUT2D eigenvalue weighted by molar-refractivity contribution is 0.104. The number of fused-ring (bicyclic) bond motifs is 1. The highest BCUT2D eigenvalue weighted by atomic mass is 32.1. The van der Waals surface area contributed by atoms with E-state index in [2.05, 4.69) is 15.3 Å². The van der Waals surface area contributed by atoms with Crippen LogP contribution in [0.2, 0.25) is 0 Å². The fraction of sp³-hybridized carbons (Fsp3) is 0.0556. The molecule has 3 aromatic heterocycles. The van der Waals surface area contributed by atoms with Crippen LogP contribution in [0.15, 0.2) is 59.3 Å². The molecule has 24 heavy (non-hydrogen) atoms. The molecule has 118 valence electrons. The van der Waals surface area contributed by atoms with E-state index in [0.717, 1.165) is 15.8 Å². The number of benzene rings is 1. The maximum atomic E-state index is 12.7. The van der Waals surface area contributed by atoms with Gasteiger partial charge in [0.1, 0.15) is 5.69 Å². The first kappa shape index (κ1) is 15.0. The Kier molecular flexibility index (Phi) is 4.06. The van der Waals surface area contributed by atoms with Crippen LogP contribution in [-0.4, -0.2) is 15.8 Å². The van der Waals surface area contributed by atoms with Crippen molar-refractivity contribution in [2.45, 2.75) is 6.54 Å². The molecule has 0 radical (unpaired) electrons. The van der Waals surface area contributed by atoms with E-state index in [-0.39, 0.29) is 5.78 Å². The van der Waals surface area contributed by atoms with Gasteiger partial charge in [-0.15, -0.1) is 22.7 Å². The van der Waals surface area contributed by atoms with Crippen LogP contribution in [0.3, 0.4) is 0 Å². The number of hydrogen-bond donors (Lipinski definition) is 1. The van der Waals surface area contributed by atoms with Crippen LogP contribution in [-0.2, 0) is 6.54 Å². The molecular weight excluding hydrogens is 338 g/mol. The van der Waals surface area contributed by atoms with E-state index >= 15 is 0 Å². The quantitative estimate of drug-likeness (QED) is 0.534. The molecule has 4 aromatic rings.